The van der Waals surface area contributed by atoms with Crippen molar-refractivity contribution in [2.24, 2.45) is 0 Å². The number of nitrogens with one attached hydrogen (secondary N) is 2. The number of amides is 2. The minimum atomic E-state index is -0.407. The smallest absolute Gasteiger partial charge is 0.220 e. The Balaban J connectivity index is 1.60. The number of benzene rings is 2. The molecule has 0 spiro atoms. The van der Waals surface area contributed by atoms with Crippen molar-refractivity contribution in [3.63, 3.8) is 0 Å². The maximum atomic E-state index is 12.5. The third kappa shape index (κ3) is 5.45. The minimum absolute atomic E-state index is 0.0329. The average molecular weight is 431 g/mol. The van der Waals surface area contributed by atoms with Gasteiger partial charge in [0, 0.05) is 35.5 Å². The zero-order chi connectivity index (χ0) is 21.6. The summed E-state index contributed by atoms with van der Waals surface area (Å²) in [5.74, 6) is 1.20. The molecule has 0 bridgehead atoms. The van der Waals surface area contributed by atoms with Gasteiger partial charge in [-0.3, -0.25) is 9.59 Å². The Morgan fingerprint density at radius 3 is 2.57 bits per heavy atom. The van der Waals surface area contributed by atoms with E-state index in [1.807, 2.05) is 42.5 Å². The van der Waals surface area contributed by atoms with Gasteiger partial charge in [0.25, 0.3) is 0 Å². The molecule has 0 saturated carbocycles. The number of carbonyl (C=O) groups is 2. The number of halogens is 1. The summed E-state index contributed by atoms with van der Waals surface area (Å²) in [6, 6.07) is 13.2. The van der Waals surface area contributed by atoms with E-state index in [1.54, 1.807) is 14.2 Å². The molecule has 7 heteroatoms. The lowest BCUT2D eigenvalue weighted by atomic mass is 9.85. The van der Waals surface area contributed by atoms with E-state index in [9.17, 15) is 9.59 Å². The first-order chi connectivity index (χ1) is 14.4. The van der Waals surface area contributed by atoms with E-state index in [1.165, 1.54) is 0 Å². The SMILES string of the molecule is COc1cccc(CNC(=O)CC[C@@]2(Cc3ccc(Cl)cc3)CCC(=O)N2)c1OC. The highest BCUT2D eigenvalue weighted by Crippen LogP contribution is 2.31. The van der Waals surface area contributed by atoms with Gasteiger partial charge in [-0.2, -0.15) is 0 Å². The Morgan fingerprint density at radius 2 is 1.93 bits per heavy atom. The molecule has 3 rings (SSSR count). The Labute approximate surface area is 181 Å². The number of ether oxygens (including phenoxy) is 2. The van der Waals surface area contributed by atoms with Gasteiger partial charge in [-0.1, -0.05) is 35.9 Å². The standard InChI is InChI=1S/C23H27ClN2O4/c1-29-19-5-3-4-17(22(19)30-2)15-25-20(27)10-12-23(13-11-21(28)26-23)14-16-6-8-18(24)9-7-16/h3-9H,10-15H2,1-2H3,(H,25,27)(H,26,28)/t23-/m0/s1. The third-order valence-corrected chi connectivity index (χ3v) is 5.73. The second-order valence-corrected chi connectivity index (χ2v) is 8.00. The van der Waals surface area contributed by atoms with Crippen LogP contribution in [-0.4, -0.2) is 31.6 Å². The first kappa shape index (κ1) is 22.0. The molecule has 2 N–H and O–H groups in total. The first-order valence-electron chi connectivity index (χ1n) is 9.97. The Bertz CT molecular complexity index is 901. The lowest BCUT2D eigenvalue weighted by molar-refractivity contribution is -0.122. The third-order valence-electron chi connectivity index (χ3n) is 5.48. The predicted octanol–water partition coefficient (Wildman–Crippen LogP) is 3.65. The molecule has 2 aromatic rings. The monoisotopic (exact) mass is 430 g/mol. The summed E-state index contributed by atoms with van der Waals surface area (Å²) in [6.07, 6.45) is 2.76. The fourth-order valence-electron chi connectivity index (χ4n) is 3.90. The van der Waals surface area contributed by atoms with Crippen LogP contribution in [0, 0.1) is 0 Å². The summed E-state index contributed by atoms with van der Waals surface area (Å²) in [5.41, 5.74) is 1.52. The molecule has 1 heterocycles. The van der Waals surface area contributed by atoms with Crippen LogP contribution in [0.1, 0.15) is 36.8 Å². The Hall–Kier alpha value is -2.73. The van der Waals surface area contributed by atoms with Crippen molar-refractivity contribution < 1.29 is 19.1 Å². The molecule has 1 atom stereocenters. The van der Waals surface area contributed by atoms with Crippen molar-refractivity contribution in [3.05, 3.63) is 58.6 Å². The van der Waals surface area contributed by atoms with Crippen LogP contribution < -0.4 is 20.1 Å². The molecule has 30 heavy (non-hydrogen) atoms. The van der Waals surface area contributed by atoms with Crippen LogP contribution in [0.5, 0.6) is 11.5 Å². The van der Waals surface area contributed by atoms with E-state index in [4.69, 9.17) is 21.1 Å². The average Bonchev–Trinajstić information content (AvgIpc) is 3.12. The molecule has 0 aliphatic carbocycles. The molecule has 160 valence electrons. The molecule has 2 amide bonds. The van der Waals surface area contributed by atoms with E-state index in [2.05, 4.69) is 10.6 Å². The van der Waals surface area contributed by atoms with E-state index in [0.29, 0.717) is 55.2 Å². The van der Waals surface area contributed by atoms with Crippen molar-refractivity contribution >= 4 is 23.4 Å². The van der Waals surface area contributed by atoms with Crippen molar-refractivity contribution in [1.82, 2.24) is 10.6 Å². The topological polar surface area (TPSA) is 76.7 Å². The zero-order valence-corrected chi connectivity index (χ0v) is 18.1. The van der Waals surface area contributed by atoms with Crippen LogP contribution >= 0.6 is 11.6 Å². The predicted molar refractivity (Wildman–Crippen MR) is 116 cm³/mol. The van der Waals surface area contributed by atoms with Crippen LogP contribution in [0.15, 0.2) is 42.5 Å². The molecule has 1 aliphatic rings. The van der Waals surface area contributed by atoms with Gasteiger partial charge in [0.05, 0.1) is 14.2 Å². The van der Waals surface area contributed by atoms with Crippen LogP contribution in [0.25, 0.3) is 0 Å². The number of hydrogen-bond acceptors (Lipinski definition) is 4. The van der Waals surface area contributed by atoms with Crippen LogP contribution in [0.3, 0.4) is 0 Å². The second-order valence-electron chi connectivity index (χ2n) is 7.56. The van der Waals surface area contributed by atoms with Crippen LogP contribution in [-0.2, 0) is 22.6 Å². The fourth-order valence-corrected chi connectivity index (χ4v) is 4.03. The van der Waals surface area contributed by atoms with Crippen LogP contribution in [0.2, 0.25) is 5.02 Å². The summed E-state index contributed by atoms with van der Waals surface area (Å²) < 4.78 is 10.7. The van der Waals surface area contributed by atoms with Crippen molar-refractivity contribution in [1.29, 1.82) is 0 Å². The number of para-hydroxylation sites is 1. The van der Waals surface area contributed by atoms with Crippen LogP contribution in [0.4, 0.5) is 0 Å². The highest BCUT2D eigenvalue weighted by molar-refractivity contribution is 6.30. The fraction of sp³-hybridized carbons (Fsp3) is 0.391. The van der Waals surface area contributed by atoms with Gasteiger partial charge in [0.15, 0.2) is 11.5 Å². The minimum Gasteiger partial charge on any atom is -0.493 e. The van der Waals surface area contributed by atoms with E-state index in [0.717, 1.165) is 11.1 Å². The lowest BCUT2D eigenvalue weighted by Crippen LogP contribution is -2.44. The van der Waals surface area contributed by atoms with Gasteiger partial charge >= 0.3 is 0 Å². The molecule has 0 radical (unpaired) electrons. The summed E-state index contributed by atoms with van der Waals surface area (Å²) in [5, 5.41) is 6.73. The zero-order valence-electron chi connectivity index (χ0n) is 17.3. The number of carbonyl (C=O) groups excluding carboxylic acids is 2. The summed E-state index contributed by atoms with van der Waals surface area (Å²) in [7, 11) is 3.16. The highest BCUT2D eigenvalue weighted by atomic mass is 35.5. The van der Waals surface area contributed by atoms with Gasteiger partial charge in [-0.15, -0.1) is 0 Å². The van der Waals surface area contributed by atoms with E-state index < -0.39 is 5.54 Å². The largest absolute Gasteiger partial charge is 0.493 e. The molecule has 1 aliphatic heterocycles. The number of rotatable bonds is 9. The van der Waals surface area contributed by atoms with Crippen molar-refractivity contribution in [2.75, 3.05) is 14.2 Å². The van der Waals surface area contributed by atoms with Gasteiger partial charge in [0.2, 0.25) is 11.8 Å². The lowest BCUT2D eigenvalue weighted by Gasteiger charge is -2.29. The summed E-state index contributed by atoms with van der Waals surface area (Å²) >= 11 is 5.98. The van der Waals surface area contributed by atoms with Gasteiger partial charge < -0.3 is 20.1 Å². The van der Waals surface area contributed by atoms with Gasteiger partial charge in [-0.05, 0) is 43.0 Å². The van der Waals surface area contributed by atoms with E-state index >= 15 is 0 Å². The summed E-state index contributed by atoms with van der Waals surface area (Å²) in [6.45, 7) is 0.343. The van der Waals surface area contributed by atoms with Crippen molar-refractivity contribution in [3.8, 4) is 11.5 Å². The molecular weight excluding hydrogens is 404 g/mol. The Kier molecular flexibility index (Phi) is 7.21. The number of methoxy groups -OCH3 is 2. The quantitative estimate of drug-likeness (QED) is 0.636. The maximum Gasteiger partial charge on any atom is 0.220 e. The maximum absolute atomic E-state index is 12.5. The Morgan fingerprint density at radius 1 is 1.17 bits per heavy atom. The molecule has 6 nitrogen and oxygen atoms in total. The molecule has 1 saturated heterocycles. The highest BCUT2D eigenvalue weighted by Gasteiger charge is 2.37. The molecular formula is C23H27ClN2O4. The normalized spacial score (nSPS) is 18.0. The molecule has 0 unspecified atom stereocenters. The van der Waals surface area contributed by atoms with Gasteiger partial charge in [-0.25, -0.2) is 0 Å². The second kappa shape index (κ2) is 9.85. The van der Waals surface area contributed by atoms with E-state index in [-0.39, 0.29) is 11.8 Å². The molecule has 1 fully saturated rings. The number of hydrogen-bond donors (Lipinski definition) is 2. The molecule has 0 aromatic heterocycles. The molecule has 2 aromatic carbocycles. The van der Waals surface area contributed by atoms with Gasteiger partial charge in [0.1, 0.15) is 0 Å². The first-order valence-corrected chi connectivity index (χ1v) is 10.3. The van der Waals surface area contributed by atoms with Crippen molar-refractivity contribution in [2.45, 2.75) is 44.2 Å². The summed E-state index contributed by atoms with van der Waals surface area (Å²) in [4.78, 5) is 24.5.